The quantitative estimate of drug-likeness (QED) is 0.649. The SMILES string of the molecule is COCCCNC(=O)c1cc(NC(=O)c2ccccc2OC)ccc1N(C)C. The molecule has 0 aromatic heterocycles. The number of para-hydroxylation sites is 1. The fourth-order valence-corrected chi connectivity index (χ4v) is 2.73. The molecule has 0 aliphatic rings. The highest BCUT2D eigenvalue weighted by Gasteiger charge is 2.16. The lowest BCUT2D eigenvalue weighted by atomic mass is 10.1. The van der Waals surface area contributed by atoms with Crippen molar-refractivity contribution in [1.29, 1.82) is 0 Å². The van der Waals surface area contributed by atoms with Gasteiger partial charge in [0.15, 0.2) is 0 Å². The number of amides is 2. The Bertz CT molecular complexity index is 821. The molecule has 0 fully saturated rings. The standard InChI is InChI=1S/C21H27N3O4/c1-24(2)18-11-10-15(14-17(18)20(25)22-12-7-13-27-3)23-21(26)16-8-5-6-9-19(16)28-4/h5-6,8-11,14H,7,12-13H2,1-4H3,(H,22,25)(H,23,26). The Kier molecular flexibility index (Phi) is 7.83. The lowest BCUT2D eigenvalue weighted by Crippen LogP contribution is -2.27. The molecule has 150 valence electrons. The van der Waals surface area contributed by atoms with Crippen LogP contribution in [0.5, 0.6) is 5.75 Å². The van der Waals surface area contributed by atoms with Crippen LogP contribution in [0.2, 0.25) is 0 Å². The Balaban J connectivity index is 2.21. The van der Waals surface area contributed by atoms with E-state index in [1.165, 1.54) is 7.11 Å². The van der Waals surface area contributed by atoms with Crippen molar-refractivity contribution in [2.45, 2.75) is 6.42 Å². The molecule has 0 aliphatic heterocycles. The number of benzene rings is 2. The predicted molar refractivity (Wildman–Crippen MR) is 111 cm³/mol. The molecule has 7 heteroatoms. The maximum Gasteiger partial charge on any atom is 0.259 e. The largest absolute Gasteiger partial charge is 0.496 e. The molecule has 0 radical (unpaired) electrons. The summed E-state index contributed by atoms with van der Waals surface area (Å²) in [7, 11) is 6.87. The van der Waals surface area contributed by atoms with Crippen LogP contribution in [0.4, 0.5) is 11.4 Å². The van der Waals surface area contributed by atoms with E-state index in [1.54, 1.807) is 43.5 Å². The van der Waals surface area contributed by atoms with Crippen molar-refractivity contribution < 1.29 is 19.1 Å². The van der Waals surface area contributed by atoms with Gasteiger partial charge in [-0.1, -0.05) is 12.1 Å². The predicted octanol–water partition coefficient (Wildman–Crippen LogP) is 2.78. The molecule has 2 aromatic carbocycles. The number of methoxy groups -OCH3 is 2. The summed E-state index contributed by atoms with van der Waals surface area (Å²) in [4.78, 5) is 27.1. The fraction of sp³-hybridized carbons (Fsp3) is 0.333. The van der Waals surface area contributed by atoms with Crippen LogP contribution in [0.25, 0.3) is 0 Å². The zero-order valence-corrected chi connectivity index (χ0v) is 16.7. The maximum absolute atomic E-state index is 12.6. The average molecular weight is 385 g/mol. The second-order valence-electron chi connectivity index (χ2n) is 6.38. The molecule has 0 heterocycles. The summed E-state index contributed by atoms with van der Waals surface area (Å²) >= 11 is 0. The van der Waals surface area contributed by atoms with Gasteiger partial charge >= 0.3 is 0 Å². The highest BCUT2D eigenvalue weighted by atomic mass is 16.5. The molecule has 7 nitrogen and oxygen atoms in total. The van der Waals surface area contributed by atoms with E-state index < -0.39 is 0 Å². The number of rotatable bonds is 9. The van der Waals surface area contributed by atoms with Crippen LogP contribution >= 0.6 is 0 Å². The van der Waals surface area contributed by atoms with Gasteiger partial charge in [-0.3, -0.25) is 9.59 Å². The first-order valence-corrected chi connectivity index (χ1v) is 9.00. The van der Waals surface area contributed by atoms with E-state index in [4.69, 9.17) is 9.47 Å². The first-order chi connectivity index (χ1) is 13.5. The minimum atomic E-state index is -0.304. The Morgan fingerprint density at radius 1 is 1.00 bits per heavy atom. The number of carbonyl (C=O) groups is 2. The summed E-state index contributed by atoms with van der Waals surface area (Å²) in [6, 6.07) is 12.2. The summed E-state index contributed by atoms with van der Waals surface area (Å²) in [6.07, 6.45) is 0.726. The molecule has 0 spiro atoms. The van der Waals surface area contributed by atoms with Crippen LogP contribution in [-0.4, -0.2) is 53.3 Å². The van der Waals surface area contributed by atoms with Crippen molar-refractivity contribution in [1.82, 2.24) is 5.32 Å². The molecule has 0 saturated heterocycles. The van der Waals surface area contributed by atoms with Crippen LogP contribution in [-0.2, 0) is 4.74 Å². The molecule has 28 heavy (non-hydrogen) atoms. The molecule has 2 aromatic rings. The van der Waals surface area contributed by atoms with E-state index in [9.17, 15) is 9.59 Å². The summed E-state index contributed by atoms with van der Waals surface area (Å²) in [5, 5.41) is 5.71. The van der Waals surface area contributed by atoms with Crippen LogP contribution in [0.3, 0.4) is 0 Å². The van der Waals surface area contributed by atoms with E-state index in [0.717, 1.165) is 12.1 Å². The first kappa shape index (κ1) is 21.2. The minimum Gasteiger partial charge on any atom is -0.496 e. The van der Waals surface area contributed by atoms with Gasteiger partial charge in [0.2, 0.25) is 0 Å². The monoisotopic (exact) mass is 385 g/mol. The number of nitrogens with zero attached hydrogens (tertiary/aromatic N) is 1. The summed E-state index contributed by atoms with van der Waals surface area (Å²) in [5.74, 6) is -0.0179. The Labute approximate surface area is 165 Å². The number of nitrogens with one attached hydrogen (secondary N) is 2. The number of carbonyl (C=O) groups excluding carboxylic acids is 2. The van der Waals surface area contributed by atoms with Crippen LogP contribution < -0.4 is 20.3 Å². The third-order valence-corrected chi connectivity index (χ3v) is 4.14. The molecule has 2 amide bonds. The third kappa shape index (κ3) is 5.47. The van der Waals surface area contributed by atoms with Gasteiger partial charge in [-0.25, -0.2) is 0 Å². The fourth-order valence-electron chi connectivity index (χ4n) is 2.73. The molecule has 2 N–H and O–H groups in total. The summed E-state index contributed by atoms with van der Waals surface area (Å²) in [6.45, 7) is 1.09. The van der Waals surface area contributed by atoms with Crippen molar-refractivity contribution in [3.8, 4) is 5.75 Å². The lowest BCUT2D eigenvalue weighted by molar-refractivity contribution is 0.0947. The van der Waals surface area contributed by atoms with Gasteiger partial charge in [-0.15, -0.1) is 0 Å². The Morgan fingerprint density at radius 2 is 1.75 bits per heavy atom. The highest BCUT2D eigenvalue weighted by molar-refractivity contribution is 6.07. The lowest BCUT2D eigenvalue weighted by Gasteiger charge is -2.19. The Morgan fingerprint density at radius 3 is 2.43 bits per heavy atom. The molecule has 0 saturated carbocycles. The smallest absolute Gasteiger partial charge is 0.259 e. The van der Waals surface area contributed by atoms with Gasteiger partial charge in [0, 0.05) is 45.7 Å². The van der Waals surface area contributed by atoms with E-state index in [-0.39, 0.29) is 11.8 Å². The van der Waals surface area contributed by atoms with Crippen molar-refractivity contribution in [2.24, 2.45) is 0 Å². The van der Waals surface area contributed by atoms with Crippen LogP contribution in [0, 0.1) is 0 Å². The maximum atomic E-state index is 12.6. The van der Waals surface area contributed by atoms with Crippen molar-refractivity contribution in [2.75, 3.05) is 51.7 Å². The van der Waals surface area contributed by atoms with Gasteiger partial charge in [0.1, 0.15) is 5.75 Å². The second-order valence-corrected chi connectivity index (χ2v) is 6.38. The van der Waals surface area contributed by atoms with E-state index in [0.29, 0.717) is 35.7 Å². The number of hydrogen-bond acceptors (Lipinski definition) is 5. The number of anilines is 2. The summed E-state index contributed by atoms with van der Waals surface area (Å²) < 4.78 is 10.2. The first-order valence-electron chi connectivity index (χ1n) is 9.00. The molecular weight excluding hydrogens is 358 g/mol. The molecule has 0 unspecified atom stereocenters. The molecular formula is C21H27N3O4. The molecule has 2 rings (SSSR count). The highest BCUT2D eigenvalue weighted by Crippen LogP contribution is 2.24. The number of ether oxygens (including phenoxy) is 2. The van der Waals surface area contributed by atoms with E-state index in [1.807, 2.05) is 25.1 Å². The zero-order valence-electron chi connectivity index (χ0n) is 16.7. The van der Waals surface area contributed by atoms with Gasteiger partial charge in [-0.05, 0) is 36.8 Å². The normalized spacial score (nSPS) is 10.3. The van der Waals surface area contributed by atoms with Gasteiger partial charge in [-0.2, -0.15) is 0 Å². The number of hydrogen-bond donors (Lipinski definition) is 2. The van der Waals surface area contributed by atoms with E-state index in [2.05, 4.69) is 10.6 Å². The van der Waals surface area contributed by atoms with Gasteiger partial charge < -0.3 is 25.0 Å². The topological polar surface area (TPSA) is 79.9 Å². The van der Waals surface area contributed by atoms with Gasteiger partial charge in [0.05, 0.1) is 18.2 Å². The third-order valence-electron chi connectivity index (χ3n) is 4.14. The molecule has 0 aliphatic carbocycles. The van der Waals surface area contributed by atoms with Crippen molar-refractivity contribution in [3.05, 3.63) is 53.6 Å². The van der Waals surface area contributed by atoms with E-state index >= 15 is 0 Å². The molecule has 0 atom stereocenters. The van der Waals surface area contributed by atoms with Gasteiger partial charge in [0.25, 0.3) is 11.8 Å². The van der Waals surface area contributed by atoms with Crippen molar-refractivity contribution >= 4 is 23.2 Å². The minimum absolute atomic E-state index is 0.201. The average Bonchev–Trinajstić information content (AvgIpc) is 2.70. The second kappa shape index (κ2) is 10.3. The van der Waals surface area contributed by atoms with Crippen LogP contribution in [0.15, 0.2) is 42.5 Å². The van der Waals surface area contributed by atoms with Crippen LogP contribution in [0.1, 0.15) is 27.1 Å². The molecule has 0 bridgehead atoms. The zero-order chi connectivity index (χ0) is 20.5. The summed E-state index contributed by atoms with van der Waals surface area (Å²) in [5.41, 5.74) is 2.20. The Hall–Kier alpha value is -3.06. The van der Waals surface area contributed by atoms with Crippen molar-refractivity contribution in [3.63, 3.8) is 0 Å².